The molecule has 0 unspecified atom stereocenters. The maximum atomic E-state index is 13.6. The van der Waals surface area contributed by atoms with Gasteiger partial charge in [-0.25, -0.2) is 9.18 Å². The van der Waals surface area contributed by atoms with Crippen LogP contribution in [0, 0.1) is 11.7 Å². The molecule has 0 heterocycles. The molecule has 0 amide bonds. The van der Waals surface area contributed by atoms with Gasteiger partial charge >= 0.3 is 5.97 Å². The predicted octanol–water partition coefficient (Wildman–Crippen LogP) is 3.55. The van der Waals surface area contributed by atoms with Crippen molar-refractivity contribution in [2.45, 2.75) is 25.7 Å². The minimum atomic E-state index is -1.03. The lowest BCUT2D eigenvalue weighted by Gasteiger charge is -2.23. The third-order valence-corrected chi connectivity index (χ3v) is 3.77. The quantitative estimate of drug-likeness (QED) is 0.837. The van der Waals surface area contributed by atoms with E-state index in [1.807, 2.05) is 13.1 Å². The maximum Gasteiger partial charge on any atom is 0.328 e. The zero-order valence-corrected chi connectivity index (χ0v) is 11.7. The lowest BCUT2D eigenvalue weighted by atomic mass is 10.1. The summed E-state index contributed by atoms with van der Waals surface area (Å²) in [7, 11) is 1.96. The Morgan fingerprint density at radius 3 is 2.75 bits per heavy atom. The highest BCUT2D eigenvalue weighted by Gasteiger charge is 2.17. The molecule has 108 valence electrons. The van der Waals surface area contributed by atoms with E-state index in [2.05, 4.69) is 4.90 Å². The molecule has 1 aliphatic rings. The van der Waals surface area contributed by atoms with Crippen LogP contribution in [0.15, 0.2) is 24.3 Å². The van der Waals surface area contributed by atoms with E-state index in [-0.39, 0.29) is 5.82 Å². The predicted molar refractivity (Wildman–Crippen MR) is 78.3 cm³/mol. The van der Waals surface area contributed by atoms with Crippen LogP contribution in [-0.2, 0) is 4.79 Å². The van der Waals surface area contributed by atoms with Crippen LogP contribution in [0.1, 0.15) is 31.2 Å². The van der Waals surface area contributed by atoms with Gasteiger partial charge in [0.25, 0.3) is 0 Å². The lowest BCUT2D eigenvalue weighted by Crippen LogP contribution is -2.24. The summed E-state index contributed by atoms with van der Waals surface area (Å²) < 4.78 is 13.6. The molecule has 0 aliphatic heterocycles. The molecule has 1 aromatic carbocycles. The van der Waals surface area contributed by atoms with Crippen LogP contribution in [0.3, 0.4) is 0 Å². The molecule has 0 spiro atoms. The second-order valence-corrected chi connectivity index (χ2v) is 5.45. The summed E-state index contributed by atoms with van der Waals surface area (Å²) in [5, 5.41) is 8.62. The first-order valence-corrected chi connectivity index (χ1v) is 6.97. The number of halogens is 1. The number of carbonyl (C=O) groups is 1. The van der Waals surface area contributed by atoms with Gasteiger partial charge in [0.2, 0.25) is 0 Å². The number of aliphatic carboxylic acids is 1. The highest BCUT2D eigenvalue weighted by Crippen LogP contribution is 2.27. The fourth-order valence-corrected chi connectivity index (χ4v) is 2.77. The van der Waals surface area contributed by atoms with Gasteiger partial charge in [0.1, 0.15) is 5.82 Å². The zero-order valence-electron chi connectivity index (χ0n) is 11.7. The van der Waals surface area contributed by atoms with E-state index >= 15 is 0 Å². The Kier molecular flexibility index (Phi) is 4.77. The number of rotatable bonds is 5. The first-order chi connectivity index (χ1) is 9.54. The van der Waals surface area contributed by atoms with E-state index in [0.29, 0.717) is 11.5 Å². The number of hydrogen-bond acceptors (Lipinski definition) is 2. The van der Waals surface area contributed by atoms with Gasteiger partial charge in [0, 0.05) is 25.4 Å². The molecular formula is C16H20FNO2. The van der Waals surface area contributed by atoms with Crippen LogP contribution in [0.4, 0.5) is 10.1 Å². The maximum absolute atomic E-state index is 13.6. The van der Waals surface area contributed by atoms with Crippen molar-refractivity contribution in [3.05, 3.63) is 35.7 Å². The second-order valence-electron chi connectivity index (χ2n) is 5.45. The van der Waals surface area contributed by atoms with Gasteiger partial charge < -0.3 is 10.0 Å². The first kappa shape index (κ1) is 14.6. The Labute approximate surface area is 118 Å². The Bertz CT molecular complexity index is 507. The summed E-state index contributed by atoms with van der Waals surface area (Å²) in [6, 6.07) is 4.65. The SMILES string of the molecule is CN(CC1CCCC1)c1cc(F)cc(/C=C/C(=O)O)c1. The number of carboxylic acid groups (broad SMARTS) is 1. The van der Waals surface area contributed by atoms with Crippen molar-refractivity contribution >= 4 is 17.7 Å². The smallest absolute Gasteiger partial charge is 0.328 e. The monoisotopic (exact) mass is 277 g/mol. The highest BCUT2D eigenvalue weighted by molar-refractivity contribution is 5.85. The van der Waals surface area contributed by atoms with E-state index in [1.165, 1.54) is 43.9 Å². The highest BCUT2D eigenvalue weighted by atomic mass is 19.1. The Balaban J connectivity index is 2.11. The van der Waals surface area contributed by atoms with E-state index in [9.17, 15) is 9.18 Å². The van der Waals surface area contributed by atoms with Crippen LogP contribution in [-0.4, -0.2) is 24.7 Å². The van der Waals surface area contributed by atoms with Gasteiger partial charge in [0.15, 0.2) is 0 Å². The third-order valence-electron chi connectivity index (χ3n) is 3.77. The summed E-state index contributed by atoms with van der Waals surface area (Å²) in [4.78, 5) is 12.6. The number of anilines is 1. The molecular weight excluding hydrogens is 257 g/mol. The minimum Gasteiger partial charge on any atom is -0.478 e. The minimum absolute atomic E-state index is 0.342. The number of nitrogens with zero attached hydrogens (tertiary/aromatic N) is 1. The molecule has 3 nitrogen and oxygen atoms in total. The summed E-state index contributed by atoms with van der Waals surface area (Å²) in [5.41, 5.74) is 1.36. The fourth-order valence-electron chi connectivity index (χ4n) is 2.77. The molecule has 2 rings (SSSR count). The molecule has 0 aromatic heterocycles. The van der Waals surface area contributed by atoms with E-state index in [4.69, 9.17) is 5.11 Å². The Hall–Kier alpha value is -1.84. The van der Waals surface area contributed by atoms with Crippen molar-refractivity contribution < 1.29 is 14.3 Å². The van der Waals surface area contributed by atoms with Crippen LogP contribution in [0.5, 0.6) is 0 Å². The molecule has 0 saturated heterocycles. The van der Waals surface area contributed by atoms with Gasteiger partial charge in [-0.15, -0.1) is 0 Å². The van der Waals surface area contributed by atoms with Crippen molar-refractivity contribution in [1.82, 2.24) is 0 Å². The summed E-state index contributed by atoms with van der Waals surface area (Å²) >= 11 is 0. The largest absolute Gasteiger partial charge is 0.478 e. The average Bonchev–Trinajstić information content (AvgIpc) is 2.88. The van der Waals surface area contributed by atoms with Crippen LogP contribution < -0.4 is 4.90 Å². The fraction of sp³-hybridized carbons (Fsp3) is 0.438. The normalized spacial score (nSPS) is 15.9. The van der Waals surface area contributed by atoms with E-state index in [1.54, 1.807) is 0 Å². The average molecular weight is 277 g/mol. The lowest BCUT2D eigenvalue weighted by molar-refractivity contribution is -0.131. The van der Waals surface area contributed by atoms with Gasteiger partial charge in [-0.1, -0.05) is 12.8 Å². The molecule has 4 heteroatoms. The summed E-state index contributed by atoms with van der Waals surface area (Å²) in [6.45, 7) is 0.922. The molecule has 0 radical (unpaired) electrons. The first-order valence-electron chi connectivity index (χ1n) is 6.97. The molecule has 0 bridgehead atoms. The van der Waals surface area contributed by atoms with E-state index in [0.717, 1.165) is 18.3 Å². The topological polar surface area (TPSA) is 40.5 Å². The molecule has 1 aliphatic carbocycles. The molecule has 1 aromatic rings. The van der Waals surface area contributed by atoms with Crippen molar-refractivity contribution in [3.8, 4) is 0 Å². The number of carboxylic acids is 1. The van der Waals surface area contributed by atoms with Crippen LogP contribution in [0.25, 0.3) is 6.08 Å². The Morgan fingerprint density at radius 1 is 1.40 bits per heavy atom. The second kappa shape index (κ2) is 6.55. The van der Waals surface area contributed by atoms with Gasteiger partial charge in [0.05, 0.1) is 0 Å². The van der Waals surface area contributed by atoms with Gasteiger partial charge in [-0.05, 0) is 48.6 Å². The van der Waals surface area contributed by atoms with Gasteiger partial charge in [-0.3, -0.25) is 0 Å². The Morgan fingerprint density at radius 2 is 2.10 bits per heavy atom. The molecule has 1 fully saturated rings. The molecule has 1 saturated carbocycles. The zero-order chi connectivity index (χ0) is 14.5. The molecule has 1 N–H and O–H groups in total. The number of hydrogen-bond donors (Lipinski definition) is 1. The van der Waals surface area contributed by atoms with Crippen molar-refractivity contribution in [3.63, 3.8) is 0 Å². The molecule has 20 heavy (non-hydrogen) atoms. The van der Waals surface area contributed by atoms with Gasteiger partial charge in [-0.2, -0.15) is 0 Å². The standard InChI is InChI=1S/C16H20FNO2/c1-18(11-12-4-2-3-5-12)15-9-13(6-7-16(19)20)8-14(17)10-15/h6-10,12H,2-5,11H2,1H3,(H,19,20)/b7-6+. The molecule has 0 atom stereocenters. The van der Waals surface area contributed by atoms with Crippen LogP contribution >= 0.6 is 0 Å². The van der Waals surface area contributed by atoms with Crippen molar-refractivity contribution in [2.75, 3.05) is 18.5 Å². The van der Waals surface area contributed by atoms with Crippen molar-refractivity contribution in [1.29, 1.82) is 0 Å². The van der Waals surface area contributed by atoms with E-state index < -0.39 is 5.97 Å². The number of benzene rings is 1. The summed E-state index contributed by atoms with van der Waals surface area (Å²) in [5.74, 6) is -0.692. The third kappa shape index (κ3) is 4.08. The summed E-state index contributed by atoms with van der Waals surface area (Å²) in [6.07, 6.45) is 7.49. The van der Waals surface area contributed by atoms with Crippen LogP contribution in [0.2, 0.25) is 0 Å². The van der Waals surface area contributed by atoms with Crippen molar-refractivity contribution in [2.24, 2.45) is 5.92 Å².